The standard InChI is InChI=1S/C19H25N3O3/c1-12(2)10-15-6-8-16(9-7-15)19(24)25-11-17(23)20-18-13(3)21-22(5)14(18)4/h6-9,12H,10-11H2,1-5H3,(H,20,23). The maximum Gasteiger partial charge on any atom is 0.338 e. The van der Waals surface area contributed by atoms with Crippen molar-refractivity contribution in [2.24, 2.45) is 13.0 Å². The molecule has 1 amide bonds. The molecule has 0 atom stereocenters. The number of benzene rings is 1. The summed E-state index contributed by atoms with van der Waals surface area (Å²) < 4.78 is 6.78. The molecule has 0 fully saturated rings. The molecule has 2 rings (SSSR count). The van der Waals surface area contributed by atoms with Crippen LogP contribution < -0.4 is 5.32 Å². The van der Waals surface area contributed by atoms with Gasteiger partial charge in [0.1, 0.15) is 0 Å². The zero-order valence-corrected chi connectivity index (χ0v) is 15.4. The maximum atomic E-state index is 12.1. The lowest BCUT2D eigenvalue weighted by Crippen LogP contribution is -2.21. The van der Waals surface area contributed by atoms with E-state index in [0.29, 0.717) is 17.2 Å². The maximum absolute atomic E-state index is 12.1. The van der Waals surface area contributed by atoms with Crippen molar-refractivity contribution in [3.05, 3.63) is 46.8 Å². The number of nitrogens with zero attached hydrogens (tertiary/aromatic N) is 2. The molecule has 0 unspecified atom stereocenters. The van der Waals surface area contributed by atoms with Gasteiger partial charge in [-0.3, -0.25) is 9.48 Å². The van der Waals surface area contributed by atoms with Gasteiger partial charge in [0.2, 0.25) is 0 Å². The minimum atomic E-state index is -0.508. The third kappa shape index (κ3) is 4.92. The van der Waals surface area contributed by atoms with Crippen LogP contribution in [0.3, 0.4) is 0 Å². The Morgan fingerprint density at radius 3 is 2.36 bits per heavy atom. The molecule has 0 saturated heterocycles. The smallest absolute Gasteiger partial charge is 0.338 e. The van der Waals surface area contributed by atoms with Crippen LogP contribution in [0.1, 0.15) is 41.2 Å². The Morgan fingerprint density at radius 2 is 1.84 bits per heavy atom. The molecule has 1 heterocycles. The second kappa shape index (κ2) is 7.96. The summed E-state index contributed by atoms with van der Waals surface area (Å²) in [7, 11) is 1.81. The first-order chi connectivity index (χ1) is 11.8. The molecular weight excluding hydrogens is 318 g/mol. The average molecular weight is 343 g/mol. The summed E-state index contributed by atoms with van der Waals surface area (Å²) in [5, 5.41) is 6.97. The Morgan fingerprint density at radius 1 is 1.20 bits per heavy atom. The molecule has 0 radical (unpaired) electrons. The number of amides is 1. The van der Waals surface area contributed by atoms with E-state index >= 15 is 0 Å². The SMILES string of the molecule is Cc1nn(C)c(C)c1NC(=O)COC(=O)c1ccc(CC(C)C)cc1. The minimum Gasteiger partial charge on any atom is -0.452 e. The van der Waals surface area contributed by atoms with Crippen LogP contribution in [0.4, 0.5) is 5.69 Å². The van der Waals surface area contributed by atoms with Crippen LogP contribution in [0.2, 0.25) is 0 Å². The van der Waals surface area contributed by atoms with E-state index in [-0.39, 0.29) is 12.5 Å². The van der Waals surface area contributed by atoms with Gasteiger partial charge in [-0.25, -0.2) is 4.79 Å². The van der Waals surface area contributed by atoms with Crippen molar-refractivity contribution >= 4 is 17.6 Å². The summed E-state index contributed by atoms with van der Waals surface area (Å²) >= 11 is 0. The van der Waals surface area contributed by atoms with Crippen molar-refractivity contribution in [2.45, 2.75) is 34.1 Å². The highest BCUT2D eigenvalue weighted by atomic mass is 16.5. The van der Waals surface area contributed by atoms with Gasteiger partial charge in [0.05, 0.1) is 22.6 Å². The van der Waals surface area contributed by atoms with E-state index in [1.807, 2.05) is 26.0 Å². The fourth-order valence-corrected chi connectivity index (χ4v) is 2.59. The molecule has 6 heteroatoms. The Bertz CT molecular complexity index is 761. The number of ether oxygens (including phenoxy) is 1. The van der Waals surface area contributed by atoms with E-state index < -0.39 is 5.97 Å². The second-order valence-corrected chi connectivity index (χ2v) is 6.59. The van der Waals surface area contributed by atoms with Crippen molar-refractivity contribution in [1.29, 1.82) is 0 Å². The molecule has 0 saturated carbocycles. The predicted octanol–water partition coefficient (Wildman–Crippen LogP) is 3.03. The number of aryl methyl sites for hydroxylation is 2. The number of carbonyl (C=O) groups excluding carboxylic acids is 2. The van der Waals surface area contributed by atoms with E-state index in [1.165, 1.54) is 5.56 Å². The average Bonchev–Trinajstić information content (AvgIpc) is 2.79. The quantitative estimate of drug-likeness (QED) is 0.818. The molecule has 25 heavy (non-hydrogen) atoms. The minimum absolute atomic E-state index is 0.333. The predicted molar refractivity (Wildman–Crippen MR) is 96.6 cm³/mol. The van der Waals surface area contributed by atoms with Crippen LogP contribution >= 0.6 is 0 Å². The summed E-state index contributed by atoms with van der Waals surface area (Å²) in [5.41, 5.74) is 3.83. The van der Waals surface area contributed by atoms with Crippen LogP contribution in [0.25, 0.3) is 0 Å². The summed E-state index contributed by atoms with van der Waals surface area (Å²) in [4.78, 5) is 24.1. The zero-order chi connectivity index (χ0) is 18.6. The van der Waals surface area contributed by atoms with Crippen LogP contribution in [0, 0.1) is 19.8 Å². The molecule has 6 nitrogen and oxygen atoms in total. The highest BCUT2D eigenvalue weighted by Crippen LogP contribution is 2.18. The summed E-state index contributed by atoms with van der Waals surface area (Å²) in [5.74, 6) is -0.337. The Kier molecular flexibility index (Phi) is 5.96. The van der Waals surface area contributed by atoms with Gasteiger partial charge in [-0.1, -0.05) is 26.0 Å². The van der Waals surface area contributed by atoms with Gasteiger partial charge in [0.15, 0.2) is 6.61 Å². The fraction of sp³-hybridized carbons (Fsp3) is 0.421. The van der Waals surface area contributed by atoms with E-state index in [4.69, 9.17) is 4.74 Å². The van der Waals surface area contributed by atoms with Crippen molar-refractivity contribution in [2.75, 3.05) is 11.9 Å². The summed E-state index contributed by atoms with van der Waals surface area (Å²) in [6, 6.07) is 7.29. The number of esters is 1. The molecule has 0 bridgehead atoms. The Labute approximate surface area is 148 Å². The molecular formula is C19H25N3O3. The van der Waals surface area contributed by atoms with Crippen molar-refractivity contribution in [3.8, 4) is 0 Å². The molecule has 134 valence electrons. The van der Waals surface area contributed by atoms with Gasteiger partial charge in [-0.2, -0.15) is 5.10 Å². The van der Waals surface area contributed by atoms with Gasteiger partial charge in [0, 0.05) is 7.05 Å². The van der Waals surface area contributed by atoms with Crippen molar-refractivity contribution in [3.63, 3.8) is 0 Å². The molecule has 2 aromatic rings. The molecule has 0 aliphatic carbocycles. The lowest BCUT2D eigenvalue weighted by Gasteiger charge is -2.08. The molecule has 1 aromatic heterocycles. The van der Waals surface area contributed by atoms with Gasteiger partial charge < -0.3 is 10.1 Å². The molecule has 0 spiro atoms. The van der Waals surface area contributed by atoms with Crippen LogP contribution in [-0.4, -0.2) is 28.3 Å². The highest BCUT2D eigenvalue weighted by molar-refractivity contribution is 5.96. The molecule has 1 aromatic carbocycles. The first kappa shape index (κ1) is 18.7. The first-order valence-electron chi connectivity index (χ1n) is 8.34. The van der Waals surface area contributed by atoms with E-state index in [1.54, 1.807) is 23.9 Å². The fourth-order valence-electron chi connectivity index (χ4n) is 2.59. The van der Waals surface area contributed by atoms with Crippen molar-refractivity contribution < 1.29 is 14.3 Å². The number of nitrogens with one attached hydrogen (secondary N) is 1. The van der Waals surface area contributed by atoms with Crippen LogP contribution in [0.15, 0.2) is 24.3 Å². The van der Waals surface area contributed by atoms with E-state index in [0.717, 1.165) is 17.8 Å². The number of anilines is 1. The van der Waals surface area contributed by atoms with E-state index in [2.05, 4.69) is 24.3 Å². The molecule has 1 N–H and O–H groups in total. The number of aromatic nitrogens is 2. The number of hydrogen-bond acceptors (Lipinski definition) is 4. The Balaban J connectivity index is 1.89. The van der Waals surface area contributed by atoms with Crippen LogP contribution in [-0.2, 0) is 23.0 Å². The van der Waals surface area contributed by atoms with Gasteiger partial charge in [-0.15, -0.1) is 0 Å². The second-order valence-electron chi connectivity index (χ2n) is 6.59. The first-order valence-corrected chi connectivity index (χ1v) is 8.34. The Hall–Kier alpha value is -2.63. The molecule has 0 aliphatic heterocycles. The van der Waals surface area contributed by atoms with Crippen molar-refractivity contribution in [1.82, 2.24) is 9.78 Å². The summed E-state index contributed by atoms with van der Waals surface area (Å²) in [6.07, 6.45) is 0.960. The van der Waals surface area contributed by atoms with E-state index in [9.17, 15) is 9.59 Å². The topological polar surface area (TPSA) is 73.2 Å². The third-order valence-corrected chi connectivity index (χ3v) is 3.94. The van der Waals surface area contributed by atoms with Gasteiger partial charge >= 0.3 is 5.97 Å². The summed E-state index contributed by atoms with van der Waals surface area (Å²) in [6.45, 7) is 7.63. The molecule has 0 aliphatic rings. The van der Waals surface area contributed by atoms with Crippen LogP contribution in [0.5, 0.6) is 0 Å². The number of hydrogen-bond donors (Lipinski definition) is 1. The van der Waals surface area contributed by atoms with Gasteiger partial charge in [0.25, 0.3) is 5.91 Å². The normalized spacial score (nSPS) is 10.8. The lowest BCUT2D eigenvalue weighted by atomic mass is 10.0. The highest BCUT2D eigenvalue weighted by Gasteiger charge is 2.15. The largest absolute Gasteiger partial charge is 0.452 e. The monoisotopic (exact) mass is 343 g/mol. The lowest BCUT2D eigenvalue weighted by molar-refractivity contribution is -0.119. The third-order valence-electron chi connectivity index (χ3n) is 3.94. The zero-order valence-electron chi connectivity index (χ0n) is 15.4. The number of carbonyl (C=O) groups is 2. The number of rotatable bonds is 6. The van der Waals surface area contributed by atoms with Gasteiger partial charge in [-0.05, 0) is 43.9 Å².